The Hall–Kier alpha value is -0.823. The van der Waals surface area contributed by atoms with Gasteiger partial charge in [-0.25, -0.2) is 0 Å². The van der Waals surface area contributed by atoms with E-state index in [0.717, 1.165) is 0 Å². The van der Waals surface area contributed by atoms with Crippen molar-refractivity contribution in [3.05, 3.63) is 42.6 Å². The summed E-state index contributed by atoms with van der Waals surface area (Å²) < 4.78 is 0. The van der Waals surface area contributed by atoms with Crippen molar-refractivity contribution in [2.75, 3.05) is 0 Å². The highest BCUT2D eigenvalue weighted by Crippen LogP contribution is 1.94. The largest absolute Gasteiger partial charge is 0.107 e. The third-order valence-corrected chi connectivity index (χ3v) is 4.64. The summed E-state index contributed by atoms with van der Waals surface area (Å²) in [5, 5.41) is 1.50. The van der Waals surface area contributed by atoms with Crippen molar-refractivity contribution in [1.82, 2.24) is 0 Å². The molecule has 58 valence electrons. The maximum atomic E-state index is 3.87. The van der Waals surface area contributed by atoms with Crippen LogP contribution in [0.5, 0.6) is 0 Å². The van der Waals surface area contributed by atoms with Gasteiger partial charge in [0.25, 0.3) is 0 Å². The molecule has 0 heterocycles. The quantitative estimate of drug-likeness (QED) is 0.595. The van der Waals surface area contributed by atoms with Gasteiger partial charge in [-0.1, -0.05) is 48.5 Å². The van der Waals surface area contributed by atoms with Gasteiger partial charge in [0.15, 0.2) is 0 Å². The normalized spacial score (nSPS) is 12.5. The molecular weight excluding hydrogens is 148 g/mol. The predicted molar refractivity (Wildman–Crippen MR) is 53.9 cm³/mol. The van der Waals surface area contributed by atoms with Gasteiger partial charge < -0.3 is 0 Å². The first-order valence-corrected chi connectivity index (χ1v) is 6.12. The Morgan fingerprint density at radius 1 is 1.36 bits per heavy atom. The van der Waals surface area contributed by atoms with Gasteiger partial charge in [0.1, 0.15) is 0 Å². The van der Waals surface area contributed by atoms with E-state index in [0.29, 0.717) is 0 Å². The highest BCUT2D eigenvalue weighted by Gasteiger charge is 2.03. The van der Waals surface area contributed by atoms with Crippen LogP contribution in [0.4, 0.5) is 0 Å². The lowest BCUT2D eigenvalue weighted by atomic mass is 10.4. The zero-order valence-corrected chi connectivity index (χ0v) is 8.11. The number of benzene rings is 1. The van der Waals surface area contributed by atoms with Crippen LogP contribution in [0.15, 0.2) is 42.6 Å². The summed E-state index contributed by atoms with van der Waals surface area (Å²) in [5.41, 5.74) is 2.15. The standard InChI is InChI=1S/C10H14Si/c1-3-11(4-2)10-8-6-5-7-9-10/h3,5-9,11H,1,4H2,2H3. The maximum absolute atomic E-state index is 3.87. The van der Waals surface area contributed by atoms with Gasteiger partial charge in [0.05, 0.1) is 8.80 Å². The Balaban J connectivity index is 2.82. The average Bonchev–Trinajstić information content (AvgIpc) is 2.09. The van der Waals surface area contributed by atoms with Crippen LogP contribution in [-0.2, 0) is 0 Å². The molecule has 1 aromatic carbocycles. The molecule has 0 aliphatic carbocycles. The first-order valence-electron chi connectivity index (χ1n) is 4.06. The maximum Gasteiger partial charge on any atom is 0.0931 e. The molecule has 1 heteroatoms. The van der Waals surface area contributed by atoms with E-state index in [2.05, 4.69) is 49.5 Å². The van der Waals surface area contributed by atoms with Crippen molar-refractivity contribution >= 4 is 14.0 Å². The first kappa shape index (κ1) is 8.28. The Morgan fingerprint density at radius 3 is 2.45 bits per heavy atom. The molecular formula is C10H14Si. The van der Waals surface area contributed by atoms with E-state index in [-0.39, 0.29) is 0 Å². The molecule has 0 fully saturated rings. The molecule has 0 saturated carbocycles. The molecule has 1 unspecified atom stereocenters. The summed E-state index contributed by atoms with van der Waals surface area (Å²) in [4.78, 5) is 0. The highest BCUT2D eigenvalue weighted by atomic mass is 28.3. The van der Waals surface area contributed by atoms with Crippen LogP contribution < -0.4 is 5.19 Å². The summed E-state index contributed by atoms with van der Waals surface area (Å²) in [5.74, 6) is 0. The lowest BCUT2D eigenvalue weighted by Crippen LogP contribution is -2.26. The fraction of sp³-hybridized carbons (Fsp3) is 0.200. The minimum Gasteiger partial charge on any atom is -0.107 e. The zero-order chi connectivity index (χ0) is 8.10. The van der Waals surface area contributed by atoms with Gasteiger partial charge in [0, 0.05) is 0 Å². The molecule has 11 heavy (non-hydrogen) atoms. The first-order chi connectivity index (χ1) is 5.38. The van der Waals surface area contributed by atoms with E-state index < -0.39 is 8.80 Å². The molecule has 0 aliphatic rings. The van der Waals surface area contributed by atoms with Crippen molar-refractivity contribution in [3.63, 3.8) is 0 Å². The summed E-state index contributed by atoms with van der Waals surface area (Å²) in [6, 6.07) is 12.0. The number of hydrogen-bond acceptors (Lipinski definition) is 0. The van der Waals surface area contributed by atoms with E-state index in [4.69, 9.17) is 0 Å². The molecule has 0 bridgehead atoms. The van der Waals surface area contributed by atoms with Crippen LogP contribution in [-0.4, -0.2) is 8.80 Å². The number of rotatable bonds is 3. The zero-order valence-electron chi connectivity index (χ0n) is 6.96. The van der Waals surface area contributed by atoms with E-state index in [1.165, 1.54) is 11.2 Å². The van der Waals surface area contributed by atoms with E-state index in [9.17, 15) is 0 Å². The molecule has 0 amide bonds. The molecule has 0 nitrogen and oxygen atoms in total. The van der Waals surface area contributed by atoms with Gasteiger partial charge in [-0.3, -0.25) is 0 Å². The fourth-order valence-electron chi connectivity index (χ4n) is 1.24. The van der Waals surface area contributed by atoms with Crippen molar-refractivity contribution in [2.45, 2.75) is 13.0 Å². The molecule has 0 aromatic heterocycles. The van der Waals surface area contributed by atoms with E-state index in [1.54, 1.807) is 0 Å². The average molecular weight is 162 g/mol. The van der Waals surface area contributed by atoms with Crippen LogP contribution in [0.3, 0.4) is 0 Å². The molecule has 0 aliphatic heterocycles. The van der Waals surface area contributed by atoms with Gasteiger partial charge >= 0.3 is 0 Å². The molecule has 0 N–H and O–H groups in total. The Bertz CT molecular complexity index is 216. The van der Waals surface area contributed by atoms with Crippen LogP contribution in [0, 0.1) is 0 Å². The highest BCUT2D eigenvalue weighted by molar-refractivity contribution is 6.77. The lowest BCUT2D eigenvalue weighted by molar-refractivity contribution is 1.44. The molecule has 1 atom stereocenters. The Kier molecular flexibility index (Phi) is 3.11. The van der Waals surface area contributed by atoms with Crippen LogP contribution in [0.1, 0.15) is 6.92 Å². The van der Waals surface area contributed by atoms with E-state index >= 15 is 0 Å². The number of hydrogen-bond donors (Lipinski definition) is 0. The molecule has 0 spiro atoms. The minimum absolute atomic E-state index is 0.787. The lowest BCUT2D eigenvalue weighted by Gasteiger charge is -2.06. The van der Waals surface area contributed by atoms with Gasteiger partial charge in [-0.2, -0.15) is 0 Å². The van der Waals surface area contributed by atoms with Gasteiger partial charge in [-0.05, 0) is 0 Å². The van der Waals surface area contributed by atoms with Crippen LogP contribution in [0.25, 0.3) is 0 Å². The third-order valence-electron chi connectivity index (χ3n) is 1.95. The summed E-state index contributed by atoms with van der Waals surface area (Å²) in [6.45, 7) is 6.11. The van der Waals surface area contributed by atoms with Gasteiger partial charge in [0.2, 0.25) is 0 Å². The third kappa shape index (κ3) is 2.05. The van der Waals surface area contributed by atoms with Crippen LogP contribution in [0.2, 0.25) is 6.04 Å². The Labute approximate surface area is 70.2 Å². The second kappa shape index (κ2) is 4.14. The predicted octanol–water partition coefficient (Wildman–Crippen LogP) is 1.87. The molecule has 1 rings (SSSR count). The van der Waals surface area contributed by atoms with Crippen molar-refractivity contribution in [1.29, 1.82) is 0 Å². The SMILES string of the molecule is C=C[SiH](CC)c1ccccc1. The summed E-state index contributed by atoms with van der Waals surface area (Å²) in [7, 11) is -0.787. The molecule has 0 saturated heterocycles. The fourth-order valence-corrected chi connectivity index (χ4v) is 3.03. The summed E-state index contributed by atoms with van der Waals surface area (Å²) in [6.07, 6.45) is 0. The van der Waals surface area contributed by atoms with Crippen molar-refractivity contribution < 1.29 is 0 Å². The second-order valence-electron chi connectivity index (χ2n) is 2.66. The van der Waals surface area contributed by atoms with E-state index in [1.807, 2.05) is 0 Å². The van der Waals surface area contributed by atoms with Crippen LogP contribution >= 0.6 is 0 Å². The smallest absolute Gasteiger partial charge is 0.0931 e. The van der Waals surface area contributed by atoms with Gasteiger partial charge in [-0.15, -0.1) is 12.3 Å². The van der Waals surface area contributed by atoms with Crippen molar-refractivity contribution in [2.24, 2.45) is 0 Å². The Morgan fingerprint density at radius 2 is 2.00 bits per heavy atom. The van der Waals surface area contributed by atoms with Crippen molar-refractivity contribution in [3.8, 4) is 0 Å². The topological polar surface area (TPSA) is 0 Å². The molecule has 1 aromatic rings. The molecule has 0 radical (unpaired) electrons. The second-order valence-corrected chi connectivity index (χ2v) is 5.83. The monoisotopic (exact) mass is 162 g/mol. The summed E-state index contributed by atoms with van der Waals surface area (Å²) >= 11 is 0. The minimum atomic E-state index is -0.787.